The lowest BCUT2D eigenvalue weighted by molar-refractivity contribution is 0.150. The van der Waals surface area contributed by atoms with Gasteiger partial charge >= 0.3 is 0 Å². The van der Waals surface area contributed by atoms with Crippen LogP contribution >= 0.6 is 11.6 Å². The fourth-order valence-electron chi connectivity index (χ4n) is 1.12. The van der Waals surface area contributed by atoms with Gasteiger partial charge in [0.05, 0.1) is 18.2 Å². The SMILES string of the molecule is Cc1c(C(F)F)cc(Cl)nc1CC#N. The van der Waals surface area contributed by atoms with E-state index in [-0.39, 0.29) is 17.1 Å². The fraction of sp³-hybridized carbons (Fsp3) is 0.333. The third-order valence-electron chi connectivity index (χ3n) is 1.86. The van der Waals surface area contributed by atoms with Gasteiger partial charge in [0.1, 0.15) is 5.15 Å². The van der Waals surface area contributed by atoms with Gasteiger partial charge in [-0.15, -0.1) is 0 Å². The molecule has 0 N–H and O–H groups in total. The molecule has 1 aromatic rings. The van der Waals surface area contributed by atoms with E-state index < -0.39 is 6.43 Å². The topological polar surface area (TPSA) is 36.7 Å². The number of nitrogens with zero attached hydrogens (tertiary/aromatic N) is 2. The van der Waals surface area contributed by atoms with Crippen molar-refractivity contribution in [2.75, 3.05) is 0 Å². The van der Waals surface area contributed by atoms with Crippen molar-refractivity contribution >= 4 is 11.6 Å². The molecule has 1 heterocycles. The van der Waals surface area contributed by atoms with Gasteiger partial charge in [0, 0.05) is 5.56 Å². The molecular formula is C9H7ClF2N2. The van der Waals surface area contributed by atoms with Crippen molar-refractivity contribution in [3.63, 3.8) is 0 Å². The second kappa shape index (κ2) is 4.34. The zero-order valence-electron chi connectivity index (χ0n) is 7.39. The Morgan fingerprint density at radius 2 is 2.29 bits per heavy atom. The van der Waals surface area contributed by atoms with Crippen molar-refractivity contribution in [2.45, 2.75) is 19.8 Å². The zero-order chi connectivity index (χ0) is 10.7. The minimum absolute atomic E-state index is 0.00356. The molecule has 2 nitrogen and oxygen atoms in total. The first kappa shape index (κ1) is 10.9. The van der Waals surface area contributed by atoms with Gasteiger partial charge in [-0.05, 0) is 18.6 Å². The average molecular weight is 217 g/mol. The zero-order valence-corrected chi connectivity index (χ0v) is 8.15. The van der Waals surface area contributed by atoms with Gasteiger partial charge in [-0.25, -0.2) is 13.8 Å². The maximum atomic E-state index is 12.5. The lowest BCUT2D eigenvalue weighted by atomic mass is 10.1. The first-order valence-corrected chi connectivity index (χ1v) is 4.25. The summed E-state index contributed by atoms with van der Waals surface area (Å²) >= 11 is 5.55. The van der Waals surface area contributed by atoms with E-state index in [2.05, 4.69) is 4.98 Å². The molecule has 5 heteroatoms. The van der Waals surface area contributed by atoms with Crippen molar-refractivity contribution < 1.29 is 8.78 Å². The van der Waals surface area contributed by atoms with Crippen molar-refractivity contribution in [3.05, 3.63) is 28.0 Å². The second-order valence-corrected chi connectivity index (χ2v) is 3.13. The van der Waals surface area contributed by atoms with Gasteiger partial charge in [-0.1, -0.05) is 11.6 Å². The molecule has 0 saturated heterocycles. The van der Waals surface area contributed by atoms with Gasteiger partial charge in [0.25, 0.3) is 6.43 Å². The predicted octanol–water partition coefficient (Wildman–Crippen LogP) is 3.05. The summed E-state index contributed by atoms with van der Waals surface area (Å²) in [4.78, 5) is 3.82. The van der Waals surface area contributed by atoms with Gasteiger partial charge in [0.15, 0.2) is 0 Å². The van der Waals surface area contributed by atoms with Crippen LogP contribution < -0.4 is 0 Å². The Kier molecular flexibility index (Phi) is 3.37. The molecule has 1 rings (SSSR count). The maximum Gasteiger partial charge on any atom is 0.264 e. The molecule has 0 bridgehead atoms. The number of pyridine rings is 1. The molecule has 0 fully saturated rings. The monoisotopic (exact) mass is 216 g/mol. The number of hydrogen-bond donors (Lipinski definition) is 0. The molecule has 0 aliphatic heterocycles. The molecule has 0 saturated carbocycles. The quantitative estimate of drug-likeness (QED) is 0.713. The van der Waals surface area contributed by atoms with Crippen LogP contribution in [0.3, 0.4) is 0 Å². The smallest absolute Gasteiger partial charge is 0.240 e. The van der Waals surface area contributed by atoms with E-state index in [4.69, 9.17) is 16.9 Å². The lowest BCUT2D eigenvalue weighted by Gasteiger charge is -2.08. The summed E-state index contributed by atoms with van der Waals surface area (Å²) in [6, 6.07) is 2.98. The Bertz CT molecular complexity index is 385. The van der Waals surface area contributed by atoms with Crippen LogP contribution in [0.15, 0.2) is 6.07 Å². The highest BCUT2D eigenvalue weighted by Gasteiger charge is 2.15. The maximum absolute atomic E-state index is 12.5. The van der Waals surface area contributed by atoms with E-state index in [0.29, 0.717) is 11.3 Å². The first-order valence-electron chi connectivity index (χ1n) is 3.87. The van der Waals surface area contributed by atoms with E-state index >= 15 is 0 Å². The Balaban J connectivity index is 3.26. The van der Waals surface area contributed by atoms with Crippen LogP contribution in [0.4, 0.5) is 8.78 Å². The highest BCUT2D eigenvalue weighted by atomic mass is 35.5. The van der Waals surface area contributed by atoms with Gasteiger partial charge in [-0.3, -0.25) is 0 Å². The molecule has 0 unspecified atom stereocenters. The van der Waals surface area contributed by atoms with Crippen LogP contribution in [0.25, 0.3) is 0 Å². The van der Waals surface area contributed by atoms with Crippen molar-refractivity contribution in [1.29, 1.82) is 5.26 Å². The normalized spacial score (nSPS) is 10.3. The standard InChI is InChI=1S/C9H7ClF2N2/c1-5-6(9(11)12)4-8(10)14-7(5)2-3-13/h4,9H,2H2,1H3. The van der Waals surface area contributed by atoms with Gasteiger partial charge in [0.2, 0.25) is 0 Å². The minimum Gasteiger partial charge on any atom is -0.240 e. The molecule has 14 heavy (non-hydrogen) atoms. The minimum atomic E-state index is -2.59. The Morgan fingerprint density at radius 1 is 1.64 bits per heavy atom. The highest BCUT2D eigenvalue weighted by molar-refractivity contribution is 6.29. The van der Waals surface area contributed by atoms with Crippen LogP contribution in [0.1, 0.15) is 23.2 Å². The lowest BCUT2D eigenvalue weighted by Crippen LogP contribution is -1.99. The van der Waals surface area contributed by atoms with Crippen LogP contribution in [0.2, 0.25) is 5.15 Å². The third kappa shape index (κ3) is 2.18. The molecule has 0 aliphatic carbocycles. The molecule has 0 spiro atoms. The Morgan fingerprint density at radius 3 is 2.79 bits per heavy atom. The van der Waals surface area contributed by atoms with E-state index in [1.165, 1.54) is 6.92 Å². The summed E-state index contributed by atoms with van der Waals surface area (Å²) in [5.74, 6) is 0. The summed E-state index contributed by atoms with van der Waals surface area (Å²) in [7, 11) is 0. The molecule has 74 valence electrons. The highest BCUT2D eigenvalue weighted by Crippen LogP contribution is 2.26. The van der Waals surface area contributed by atoms with E-state index in [9.17, 15) is 8.78 Å². The molecule has 0 radical (unpaired) electrons. The van der Waals surface area contributed by atoms with Crippen LogP contribution in [-0.2, 0) is 6.42 Å². The number of aromatic nitrogens is 1. The third-order valence-corrected chi connectivity index (χ3v) is 2.06. The first-order chi connectivity index (χ1) is 6.56. The van der Waals surface area contributed by atoms with E-state index in [1.54, 1.807) is 0 Å². The van der Waals surface area contributed by atoms with E-state index in [1.807, 2.05) is 6.07 Å². The number of rotatable bonds is 2. The molecule has 1 aromatic heterocycles. The largest absolute Gasteiger partial charge is 0.264 e. The summed E-state index contributed by atoms with van der Waals surface area (Å²) in [6.07, 6.45) is -2.60. The molecule has 0 aliphatic rings. The fourth-order valence-corrected chi connectivity index (χ4v) is 1.34. The van der Waals surface area contributed by atoms with E-state index in [0.717, 1.165) is 6.07 Å². The summed E-state index contributed by atoms with van der Waals surface area (Å²) in [5.41, 5.74) is 0.497. The Labute approximate surface area is 85.1 Å². The molecule has 0 amide bonds. The number of halogens is 3. The van der Waals surface area contributed by atoms with Crippen molar-refractivity contribution in [1.82, 2.24) is 4.98 Å². The Hall–Kier alpha value is -1.21. The van der Waals surface area contributed by atoms with Crippen molar-refractivity contribution in [3.8, 4) is 6.07 Å². The van der Waals surface area contributed by atoms with Crippen molar-refractivity contribution in [2.24, 2.45) is 0 Å². The van der Waals surface area contributed by atoms with Crippen LogP contribution in [-0.4, -0.2) is 4.98 Å². The van der Waals surface area contributed by atoms with Crippen LogP contribution in [0.5, 0.6) is 0 Å². The number of alkyl halides is 2. The number of hydrogen-bond acceptors (Lipinski definition) is 2. The van der Waals surface area contributed by atoms with Gasteiger partial charge in [-0.2, -0.15) is 5.26 Å². The molecule has 0 aromatic carbocycles. The summed E-state index contributed by atoms with van der Waals surface area (Å²) in [5, 5.41) is 8.44. The average Bonchev–Trinajstić information content (AvgIpc) is 2.10. The molecule has 0 atom stereocenters. The predicted molar refractivity (Wildman–Crippen MR) is 48.3 cm³/mol. The summed E-state index contributed by atoms with van der Waals surface area (Å²) < 4.78 is 24.9. The molecular weight excluding hydrogens is 210 g/mol. The van der Waals surface area contributed by atoms with Crippen LogP contribution in [0, 0.1) is 18.3 Å². The number of nitriles is 1. The van der Waals surface area contributed by atoms with Gasteiger partial charge < -0.3 is 0 Å². The second-order valence-electron chi connectivity index (χ2n) is 2.74. The summed E-state index contributed by atoms with van der Waals surface area (Å²) in [6.45, 7) is 1.51.